The van der Waals surface area contributed by atoms with E-state index in [1.54, 1.807) is 17.9 Å². The first-order valence-corrected chi connectivity index (χ1v) is 11.7. The lowest BCUT2D eigenvalue weighted by Gasteiger charge is -2.28. The first kappa shape index (κ1) is 23.7. The number of aromatic nitrogens is 2. The minimum Gasteiger partial charge on any atom is -0.496 e. The second kappa shape index (κ2) is 11.1. The number of benzene rings is 2. The Morgan fingerprint density at radius 1 is 1.00 bits per heavy atom. The van der Waals surface area contributed by atoms with Gasteiger partial charge in [-0.1, -0.05) is 42.5 Å². The van der Waals surface area contributed by atoms with Crippen molar-refractivity contribution in [3.63, 3.8) is 0 Å². The Hall–Kier alpha value is -3.45. The molecule has 34 heavy (non-hydrogen) atoms. The molecule has 178 valence electrons. The molecule has 1 N–H and O–H groups in total. The number of hydrogen-bond acceptors (Lipinski definition) is 5. The van der Waals surface area contributed by atoms with Crippen molar-refractivity contribution < 1.29 is 19.4 Å². The second-order valence-electron chi connectivity index (χ2n) is 8.79. The molecule has 4 rings (SSSR count). The van der Waals surface area contributed by atoms with E-state index in [0.29, 0.717) is 30.7 Å². The predicted octanol–water partition coefficient (Wildman–Crippen LogP) is 4.49. The van der Waals surface area contributed by atoms with Crippen LogP contribution in [0.4, 0.5) is 0 Å². The van der Waals surface area contributed by atoms with Crippen molar-refractivity contribution in [2.24, 2.45) is 11.8 Å². The topological polar surface area (TPSA) is 90.7 Å². The fourth-order valence-electron chi connectivity index (χ4n) is 4.64. The Bertz CT molecular complexity index is 1170. The summed E-state index contributed by atoms with van der Waals surface area (Å²) in [5.74, 6) is 0.474. The van der Waals surface area contributed by atoms with Gasteiger partial charge < -0.3 is 14.6 Å². The summed E-state index contributed by atoms with van der Waals surface area (Å²) in [6.07, 6.45) is 3.83. The first-order chi connectivity index (χ1) is 16.5. The van der Waals surface area contributed by atoms with Crippen LogP contribution in [0.3, 0.4) is 0 Å². The molecule has 7 heteroatoms. The molecule has 3 aromatic rings. The molecule has 1 heterocycles. The molecule has 0 saturated heterocycles. The third kappa shape index (κ3) is 5.72. The van der Waals surface area contributed by atoms with Crippen LogP contribution in [-0.4, -0.2) is 41.2 Å². The van der Waals surface area contributed by atoms with Gasteiger partial charge in [0.05, 0.1) is 13.7 Å². The number of hydrogen-bond donors (Lipinski definition) is 1. The molecule has 2 aromatic carbocycles. The quantitative estimate of drug-likeness (QED) is 0.504. The molecule has 0 amide bonds. The van der Waals surface area contributed by atoms with Crippen molar-refractivity contribution in [2.45, 2.75) is 32.2 Å². The number of rotatable bonds is 9. The lowest BCUT2D eigenvalue weighted by molar-refractivity contribution is -0.142. The highest BCUT2D eigenvalue weighted by Crippen LogP contribution is 2.35. The van der Waals surface area contributed by atoms with Crippen molar-refractivity contribution in [2.75, 3.05) is 20.3 Å². The van der Waals surface area contributed by atoms with Gasteiger partial charge in [-0.3, -0.25) is 4.79 Å². The van der Waals surface area contributed by atoms with Crippen molar-refractivity contribution in [3.8, 4) is 28.1 Å². The minimum absolute atomic E-state index is 0.121. The smallest absolute Gasteiger partial charge is 0.329 e. The summed E-state index contributed by atoms with van der Waals surface area (Å²) in [4.78, 5) is 23.7. The zero-order chi connectivity index (χ0) is 23.9. The average Bonchev–Trinajstić information content (AvgIpc) is 2.86. The van der Waals surface area contributed by atoms with Crippen molar-refractivity contribution >= 4 is 5.97 Å². The SMILES string of the molecule is COc1ccccc1-c1nn(C[C@H]2CC[C@H](COCC(=O)O)CC2)c(=O)cc1-c1ccccc1. The molecule has 0 aliphatic heterocycles. The van der Waals surface area contributed by atoms with E-state index in [-0.39, 0.29) is 12.2 Å². The molecule has 0 atom stereocenters. The molecular formula is C27H30N2O5. The van der Waals surface area contributed by atoms with Gasteiger partial charge in [-0.15, -0.1) is 0 Å². The van der Waals surface area contributed by atoms with E-state index in [1.807, 2.05) is 54.6 Å². The van der Waals surface area contributed by atoms with Crippen LogP contribution in [-0.2, 0) is 16.1 Å². The van der Waals surface area contributed by atoms with E-state index in [2.05, 4.69) is 0 Å². The zero-order valence-electron chi connectivity index (χ0n) is 19.4. The molecule has 1 fully saturated rings. The Balaban J connectivity index is 1.58. The molecule has 0 unspecified atom stereocenters. The van der Waals surface area contributed by atoms with E-state index in [0.717, 1.165) is 48.1 Å². The lowest BCUT2D eigenvalue weighted by atomic mass is 9.82. The van der Waals surface area contributed by atoms with E-state index in [4.69, 9.17) is 19.7 Å². The third-order valence-electron chi connectivity index (χ3n) is 6.42. The van der Waals surface area contributed by atoms with Gasteiger partial charge in [-0.05, 0) is 55.2 Å². The Labute approximate surface area is 199 Å². The summed E-state index contributed by atoms with van der Waals surface area (Å²) in [6, 6.07) is 19.2. The summed E-state index contributed by atoms with van der Waals surface area (Å²) in [5, 5.41) is 13.6. The highest BCUT2D eigenvalue weighted by Gasteiger charge is 2.24. The first-order valence-electron chi connectivity index (χ1n) is 11.7. The van der Waals surface area contributed by atoms with Crippen LogP contribution in [0.1, 0.15) is 25.7 Å². The normalized spacial score (nSPS) is 17.9. The lowest BCUT2D eigenvalue weighted by Crippen LogP contribution is -2.29. The van der Waals surface area contributed by atoms with Gasteiger partial charge in [0.15, 0.2) is 0 Å². The van der Waals surface area contributed by atoms with Crippen LogP contribution in [0, 0.1) is 11.8 Å². The maximum atomic E-state index is 13.1. The highest BCUT2D eigenvalue weighted by atomic mass is 16.5. The fourth-order valence-corrected chi connectivity index (χ4v) is 4.64. The van der Waals surface area contributed by atoms with Gasteiger partial charge in [0.25, 0.3) is 5.56 Å². The number of carboxylic acid groups (broad SMARTS) is 1. The van der Waals surface area contributed by atoms with Crippen LogP contribution in [0.2, 0.25) is 0 Å². The maximum absolute atomic E-state index is 13.1. The number of aliphatic carboxylic acids is 1. The highest BCUT2D eigenvalue weighted by molar-refractivity contribution is 5.82. The molecule has 0 bridgehead atoms. The number of ether oxygens (including phenoxy) is 2. The van der Waals surface area contributed by atoms with Crippen LogP contribution in [0.15, 0.2) is 65.5 Å². The molecule has 1 aliphatic carbocycles. The third-order valence-corrected chi connectivity index (χ3v) is 6.42. The van der Waals surface area contributed by atoms with E-state index < -0.39 is 5.97 Å². The van der Waals surface area contributed by atoms with Crippen molar-refractivity contribution in [3.05, 3.63) is 71.0 Å². The molecule has 1 aliphatic rings. The number of carboxylic acids is 1. The molecule has 1 saturated carbocycles. The van der Waals surface area contributed by atoms with E-state index >= 15 is 0 Å². The molecule has 0 radical (unpaired) electrons. The van der Waals surface area contributed by atoms with Gasteiger partial charge in [-0.2, -0.15) is 5.10 Å². The number of carbonyl (C=O) groups is 1. The summed E-state index contributed by atoms with van der Waals surface area (Å²) in [5.41, 5.74) is 3.16. The predicted molar refractivity (Wildman–Crippen MR) is 130 cm³/mol. The van der Waals surface area contributed by atoms with Gasteiger partial charge >= 0.3 is 5.97 Å². The number of nitrogens with zero attached hydrogens (tertiary/aromatic N) is 2. The fraction of sp³-hybridized carbons (Fsp3) is 0.370. The summed E-state index contributed by atoms with van der Waals surface area (Å²) in [7, 11) is 1.63. The van der Waals surface area contributed by atoms with Crippen molar-refractivity contribution in [1.82, 2.24) is 9.78 Å². The van der Waals surface area contributed by atoms with Gasteiger partial charge in [0.2, 0.25) is 0 Å². The van der Waals surface area contributed by atoms with Crippen LogP contribution in [0.25, 0.3) is 22.4 Å². The van der Waals surface area contributed by atoms with Crippen LogP contribution in [0.5, 0.6) is 5.75 Å². The van der Waals surface area contributed by atoms with Gasteiger partial charge in [-0.25, -0.2) is 9.48 Å². The van der Waals surface area contributed by atoms with Crippen molar-refractivity contribution in [1.29, 1.82) is 0 Å². The minimum atomic E-state index is -0.941. The summed E-state index contributed by atoms with van der Waals surface area (Å²) >= 11 is 0. The van der Waals surface area contributed by atoms with Crippen LogP contribution < -0.4 is 10.3 Å². The van der Waals surface area contributed by atoms with Gasteiger partial charge in [0, 0.05) is 23.7 Å². The Morgan fingerprint density at radius 3 is 2.38 bits per heavy atom. The second-order valence-corrected chi connectivity index (χ2v) is 8.79. The maximum Gasteiger partial charge on any atom is 0.329 e. The van der Waals surface area contributed by atoms with Crippen LogP contribution >= 0.6 is 0 Å². The molecule has 1 aromatic heterocycles. The summed E-state index contributed by atoms with van der Waals surface area (Å²) in [6.45, 7) is 0.776. The standard InChI is InChI=1S/C27H30N2O5/c1-33-24-10-6-5-9-22(24)27-23(21-7-3-2-4-8-21)15-25(30)29(28-27)16-19-11-13-20(14-12-19)17-34-18-26(31)32/h2-10,15,19-20H,11-14,16-18H2,1H3,(H,31,32)/t19-,20-. The van der Waals surface area contributed by atoms with E-state index in [9.17, 15) is 9.59 Å². The largest absolute Gasteiger partial charge is 0.496 e. The Kier molecular flexibility index (Phi) is 7.75. The zero-order valence-corrected chi connectivity index (χ0v) is 19.4. The monoisotopic (exact) mass is 462 g/mol. The summed E-state index contributed by atoms with van der Waals surface area (Å²) < 4.78 is 12.4. The molecular weight excluding hydrogens is 432 g/mol. The van der Waals surface area contributed by atoms with E-state index in [1.165, 1.54) is 0 Å². The molecule has 0 spiro atoms. The number of methoxy groups -OCH3 is 1. The van der Waals surface area contributed by atoms with Gasteiger partial charge in [0.1, 0.15) is 18.1 Å². The number of para-hydroxylation sites is 1. The average molecular weight is 463 g/mol. The Morgan fingerprint density at radius 2 is 1.68 bits per heavy atom. The molecule has 7 nitrogen and oxygen atoms in total.